The Labute approximate surface area is 111 Å². The van der Waals surface area contributed by atoms with Crippen LogP contribution in [-0.4, -0.2) is 16.2 Å². The van der Waals surface area contributed by atoms with Gasteiger partial charge in [0.2, 0.25) is 0 Å². The molecular formula is C15H12N4. The van der Waals surface area contributed by atoms with Gasteiger partial charge < -0.3 is 5.32 Å². The molecule has 2 aliphatic carbocycles. The second-order valence-corrected chi connectivity index (χ2v) is 5.18. The van der Waals surface area contributed by atoms with E-state index in [1.807, 2.05) is 12.1 Å². The third kappa shape index (κ3) is 1.59. The summed E-state index contributed by atoms with van der Waals surface area (Å²) in [6.45, 7) is 0. The van der Waals surface area contributed by atoms with Gasteiger partial charge in [-0.25, -0.2) is 0 Å². The van der Waals surface area contributed by atoms with Crippen LogP contribution in [0.25, 0.3) is 0 Å². The number of aromatic nitrogens is 2. The first kappa shape index (κ1) is 10.5. The van der Waals surface area contributed by atoms with E-state index in [-0.39, 0.29) is 0 Å². The molecule has 1 heterocycles. The van der Waals surface area contributed by atoms with E-state index in [9.17, 15) is 0 Å². The van der Waals surface area contributed by atoms with Crippen LogP contribution in [0.5, 0.6) is 0 Å². The van der Waals surface area contributed by atoms with Crippen LogP contribution in [0.1, 0.15) is 22.7 Å². The minimum atomic E-state index is 0.354. The molecule has 2 aromatic rings. The number of rotatable bonds is 2. The number of anilines is 1. The lowest BCUT2D eigenvalue weighted by molar-refractivity contribution is 0.818. The molecule has 0 bridgehead atoms. The van der Waals surface area contributed by atoms with Crippen molar-refractivity contribution in [2.24, 2.45) is 5.92 Å². The van der Waals surface area contributed by atoms with Crippen LogP contribution in [0.15, 0.2) is 36.4 Å². The normalized spacial score (nSPS) is 26.2. The highest BCUT2D eigenvalue weighted by atomic mass is 15.2. The summed E-state index contributed by atoms with van der Waals surface area (Å²) in [6, 6.07) is 14.6. The van der Waals surface area contributed by atoms with Gasteiger partial charge in [0.15, 0.2) is 5.69 Å². The Morgan fingerprint density at radius 2 is 2.05 bits per heavy atom. The summed E-state index contributed by atoms with van der Waals surface area (Å²) in [5.74, 6) is 2.07. The van der Waals surface area contributed by atoms with Crippen molar-refractivity contribution >= 4 is 5.82 Å². The van der Waals surface area contributed by atoms with Gasteiger partial charge in [0, 0.05) is 12.0 Å². The molecule has 3 unspecified atom stereocenters. The highest BCUT2D eigenvalue weighted by Gasteiger charge is 2.55. The molecule has 0 aliphatic heterocycles. The molecule has 1 saturated carbocycles. The Morgan fingerprint density at radius 1 is 1.16 bits per heavy atom. The van der Waals surface area contributed by atoms with E-state index in [1.54, 1.807) is 6.07 Å². The molecule has 1 N–H and O–H groups in total. The van der Waals surface area contributed by atoms with E-state index in [4.69, 9.17) is 5.26 Å². The summed E-state index contributed by atoms with van der Waals surface area (Å²) in [5.41, 5.74) is 3.32. The molecule has 92 valence electrons. The fourth-order valence-electron chi connectivity index (χ4n) is 3.19. The zero-order valence-electron chi connectivity index (χ0n) is 10.2. The summed E-state index contributed by atoms with van der Waals surface area (Å²) in [6.07, 6.45) is 1.15. The molecule has 0 spiro atoms. The zero-order valence-corrected chi connectivity index (χ0v) is 10.2. The minimum Gasteiger partial charge on any atom is -0.365 e. The van der Waals surface area contributed by atoms with Crippen molar-refractivity contribution in [1.29, 1.82) is 5.26 Å². The summed E-state index contributed by atoms with van der Waals surface area (Å²) < 4.78 is 0. The average molecular weight is 248 g/mol. The summed E-state index contributed by atoms with van der Waals surface area (Å²) in [4.78, 5) is 0. The number of hydrogen-bond donors (Lipinski definition) is 1. The zero-order chi connectivity index (χ0) is 12.8. The molecule has 0 saturated heterocycles. The number of fused-ring (bicyclic) bond motifs is 3. The van der Waals surface area contributed by atoms with Gasteiger partial charge >= 0.3 is 0 Å². The third-order valence-electron chi connectivity index (χ3n) is 4.13. The molecular weight excluding hydrogens is 236 g/mol. The first-order valence-corrected chi connectivity index (χ1v) is 6.45. The largest absolute Gasteiger partial charge is 0.365 e. The number of nitrogens with zero attached hydrogens (tertiary/aromatic N) is 3. The predicted octanol–water partition coefficient (Wildman–Crippen LogP) is 2.10. The predicted molar refractivity (Wildman–Crippen MR) is 70.5 cm³/mol. The maximum absolute atomic E-state index is 8.69. The molecule has 4 nitrogen and oxygen atoms in total. The van der Waals surface area contributed by atoms with Crippen LogP contribution in [-0.2, 0) is 6.42 Å². The summed E-state index contributed by atoms with van der Waals surface area (Å²) in [7, 11) is 0. The van der Waals surface area contributed by atoms with Gasteiger partial charge in [-0.3, -0.25) is 0 Å². The quantitative estimate of drug-likeness (QED) is 0.884. The monoisotopic (exact) mass is 248 g/mol. The van der Waals surface area contributed by atoms with Gasteiger partial charge in [0.1, 0.15) is 11.9 Å². The van der Waals surface area contributed by atoms with Gasteiger partial charge in [0.25, 0.3) is 0 Å². The van der Waals surface area contributed by atoms with E-state index < -0.39 is 0 Å². The molecule has 0 radical (unpaired) electrons. The molecule has 3 atom stereocenters. The Hall–Kier alpha value is -2.41. The van der Waals surface area contributed by atoms with E-state index in [2.05, 4.69) is 39.8 Å². The number of nitrogens with one attached hydrogen (secondary N) is 1. The Bertz CT molecular complexity index is 671. The van der Waals surface area contributed by atoms with Crippen molar-refractivity contribution in [3.8, 4) is 6.07 Å². The second kappa shape index (κ2) is 3.79. The lowest BCUT2D eigenvalue weighted by atomic mass is 10.1. The summed E-state index contributed by atoms with van der Waals surface area (Å²) in [5, 5.41) is 20.0. The number of hydrogen-bond acceptors (Lipinski definition) is 4. The van der Waals surface area contributed by atoms with Crippen molar-refractivity contribution in [2.75, 3.05) is 5.32 Å². The molecule has 0 amide bonds. The van der Waals surface area contributed by atoms with Crippen LogP contribution in [0.2, 0.25) is 0 Å². The van der Waals surface area contributed by atoms with Crippen LogP contribution in [0.4, 0.5) is 5.82 Å². The summed E-state index contributed by atoms with van der Waals surface area (Å²) >= 11 is 0. The highest BCUT2D eigenvalue weighted by Crippen LogP contribution is 2.57. The van der Waals surface area contributed by atoms with Crippen molar-refractivity contribution in [1.82, 2.24) is 10.2 Å². The van der Waals surface area contributed by atoms with Gasteiger partial charge in [-0.05, 0) is 35.6 Å². The molecule has 1 aromatic heterocycles. The molecule has 1 aromatic carbocycles. The average Bonchev–Trinajstić information content (AvgIpc) is 2.97. The Kier molecular flexibility index (Phi) is 2.10. The van der Waals surface area contributed by atoms with Crippen molar-refractivity contribution in [2.45, 2.75) is 18.4 Å². The Balaban J connectivity index is 1.51. The van der Waals surface area contributed by atoms with E-state index in [0.29, 0.717) is 23.6 Å². The first-order valence-electron chi connectivity index (χ1n) is 6.45. The van der Waals surface area contributed by atoms with Crippen LogP contribution < -0.4 is 5.32 Å². The maximum atomic E-state index is 8.69. The van der Waals surface area contributed by atoms with Gasteiger partial charge in [-0.1, -0.05) is 24.3 Å². The SMILES string of the molecule is N#Cc1ccc(NC2C3Cc4ccccc4C32)nn1. The van der Waals surface area contributed by atoms with Crippen LogP contribution in [0, 0.1) is 17.2 Å². The second-order valence-electron chi connectivity index (χ2n) is 5.18. The smallest absolute Gasteiger partial charge is 0.163 e. The molecule has 4 heteroatoms. The fourth-order valence-corrected chi connectivity index (χ4v) is 3.19. The van der Waals surface area contributed by atoms with Crippen molar-refractivity contribution in [3.63, 3.8) is 0 Å². The fraction of sp³-hybridized carbons (Fsp3) is 0.267. The Morgan fingerprint density at radius 3 is 2.84 bits per heavy atom. The van der Waals surface area contributed by atoms with Crippen LogP contribution >= 0.6 is 0 Å². The van der Waals surface area contributed by atoms with Gasteiger partial charge in [-0.2, -0.15) is 5.26 Å². The van der Waals surface area contributed by atoms with Crippen molar-refractivity contribution in [3.05, 3.63) is 53.2 Å². The minimum absolute atomic E-state index is 0.354. The van der Waals surface area contributed by atoms with E-state index in [1.165, 1.54) is 11.1 Å². The lowest BCUT2D eigenvalue weighted by Crippen LogP contribution is -2.11. The maximum Gasteiger partial charge on any atom is 0.163 e. The molecule has 2 aliphatic rings. The number of nitriles is 1. The molecule has 4 rings (SSSR count). The van der Waals surface area contributed by atoms with E-state index >= 15 is 0 Å². The van der Waals surface area contributed by atoms with Gasteiger partial charge in [0.05, 0.1) is 0 Å². The van der Waals surface area contributed by atoms with Gasteiger partial charge in [-0.15, -0.1) is 10.2 Å². The number of benzene rings is 1. The topological polar surface area (TPSA) is 61.6 Å². The van der Waals surface area contributed by atoms with Crippen LogP contribution in [0.3, 0.4) is 0 Å². The highest BCUT2D eigenvalue weighted by molar-refractivity contribution is 5.50. The third-order valence-corrected chi connectivity index (χ3v) is 4.13. The molecule has 1 fully saturated rings. The van der Waals surface area contributed by atoms with Crippen molar-refractivity contribution < 1.29 is 0 Å². The lowest BCUT2D eigenvalue weighted by Gasteiger charge is -2.09. The van der Waals surface area contributed by atoms with E-state index in [0.717, 1.165) is 12.2 Å². The standard InChI is InChI=1S/C15H12N4/c16-8-10-5-6-13(19-18-10)17-15-12-7-9-3-1-2-4-11(9)14(12)15/h1-6,12,14-15H,7H2,(H,17,19). The molecule has 19 heavy (non-hydrogen) atoms. The first-order chi connectivity index (χ1) is 9.36.